The zero-order chi connectivity index (χ0) is 18.5. The van der Waals surface area contributed by atoms with Gasteiger partial charge in [-0.25, -0.2) is 14.6 Å². The molecule has 0 atom stereocenters. The van der Waals surface area contributed by atoms with Crippen LogP contribution in [0.1, 0.15) is 23.4 Å². The third kappa shape index (κ3) is 4.57. The van der Waals surface area contributed by atoms with E-state index in [1.54, 1.807) is 22.3 Å². The molecule has 0 aliphatic heterocycles. The third-order valence-corrected chi connectivity index (χ3v) is 5.20. The molecule has 136 valence electrons. The van der Waals surface area contributed by atoms with E-state index < -0.39 is 0 Å². The van der Waals surface area contributed by atoms with E-state index in [1.165, 1.54) is 4.70 Å². The number of nitrogens with zero attached hydrogens (tertiary/aromatic N) is 4. The van der Waals surface area contributed by atoms with Crippen molar-refractivity contribution in [3.05, 3.63) is 71.5 Å². The molecule has 0 saturated heterocycles. The zero-order valence-electron chi connectivity index (χ0n) is 14.7. The molecule has 0 fully saturated rings. The molecule has 0 spiro atoms. The monoisotopic (exact) mass is 377 g/mol. The zero-order valence-corrected chi connectivity index (χ0v) is 15.5. The van der Waals surface area contributed by atoms with Crippen molar-refractivity contribution in [2.45, 2.75) is 25.8 Å². The minimum atomic E-state index is -0.0754. The summed E-state index contributed by atoms with van der Waals surface area (Å²) in [6.07, 6.45) is 3.59. The summed E-state index contributed by atoms with van der Waals surface area (Å²) < 4.78 is 2.90. The van der Waals surface area contributed by atoms with Crippen molar-refractivity contribution in [1.82, 2.24) is 19.7 Å². The van der Waals surface area contributed by atoms with Gasteiger partial charge in [0.25, 0.3) is 0 Å². The molecule has 0 bridgehead atoms. The summed E-state index contributed by atoms with van der Waals surface area (Å²) in [5.41, 5.74) is 2.16. The van der Waals surface area contributed by atoms with Gasteiger partial charge >= 0.3 is 0 Å². The SMILES string of the molecule is O=C(CCCc1nc2ccccc2s1)Nc1ncn(Cc2ccccc2)n1. The number of hydrogen-bond donors (Lipinski definition) is 1. The molecule has 7 heteroatoms. The molecule has 0 aliphatic rings. The molecule has 0 saturated carbocycles. The average molecular weight is 377 g/mol. The Hall–Kier alpha value is -3.06. The van der Waals surface area contributed by atoms with Crippen LogP contribution in [-0.2, 0) is 17.8 Å². The van der Waals surface area contributed by atoms with Gasteiger partial charge in [-0.15, -0.1) is 16.4 Å². The van der Waals surface area contributed by atoms with Gasteiger partial charge in [0.15, 0.2) is 0 Å². The van der Waals surface area contributed by atoms with Crippen LogP contribution in [0.5, 0.6) is 0 Å². The van der Waals surface area contributed by atoms with E-state index in [1.807, 2.05) is 48.5 Å². The Balaban J connectivity index is 1.25. The van der Waals surface area contributed by atoms with Crippen LogP contribution in [0, 0.1) is 0 Å². The van der Waals surface area contributed by atoms with Crippen molar-refractivity contribution in [3.63, 3.8) is 0 Å². The number of nitrogens with one attached hydrogen (secondary N) is 1. The lowest BCUT2D eigenvalue weighted by Crippen LogP contribution is -2.13. The van der Waals surface area contributed by atoms with E-state index in [4.69, 9.17) is 0 Å². The van der Waals surface area contributed by atoms with Crippen molar-refractivity contribution in [2.75, 3.05) is 5.32 Å². The number of carbonyl (C=O) groups excluding carboxylic acids is 1. The first-order valence-electron chi connectivity index (χ1n) is 8.84. The number of amides is 1. The predicted octanol–water partition coefficient (Wildman–Crippen LogP) is 3.90. The second kappa shape index (κ2) is 8.09. The van der Waals surface area contributed by atoms with E-state index in [-0.39, 0.29) is 5.91 Å². The molecule has 1 N–H and O–H groups in total. The molecule has 6 nitrogen and oxygen atoms in total. The van der Waals surface area contributed by atoms with Crippen molar-refractivity contribution < 1.29 is 4.79 Å². The summed E-state index contributed by atoms with van der Waals surface area (Å²) >= 11 is 1.69. The average Bonchev–Trinajstić information content (AvgIpc) is 3.28. The van der Waals surface area contributed by atoms with Crippen molar-refractivity contribution in [2.24, 2.45) is 0 Å². The van der Waals surface area contributed by atoms with Gasteiger partial charge in [-0.1, -0.05) is 42.5 Å². The van der Waals surface area contributed by atoms with Crippen LogP contribution >= 0.6 is 11.3 Å². The van der Waals surface area contributed by atoms with Gasteiger partial charge < -0.3 is 0 Å². The maximum atomic E-state index is 12.1. The van der Waals surface area contributed by atoms with E-state index in [2.05, 4.69) is 26.4 Å². The first-order chi connectivity index (χ1) is 13.3. The van der Waals surface area contributed by atoms with Gasteiger partial charge in [0, 0.05) is 6.42 Å². The molecule has 2 aromatic carbocycles. The smallest absolute Gasteiger partial charge is 0.248 e. The highest BCUT2D eigenvalue weighted by Gasteiger charge is 2.08. The summed E-state index contributed by atoms with van der Waals surface area (Å²) in [5.74, 6) is 0.268. The lowest BCUT2D eigenvalue weighted by Gasteiger charge is -2.01. The van der Waals surface area contributed by atoms with Gasteiger partial charge in [0.2, 0.25) is 11.9 Å². The summed E-state index contributed by atoms with van der Waals surface area (Å²) in [5, 5.41) is 8.13. The van der Waals surface area contributed by atoms with Gasteiger partial charge in [0.05, 0.1) is 21.8 Å². The second-order valence-electron chi connectivity index (χ2n) is 6.23. The fourth-order valence-corrected chi connectivity index (χ4v) is 3.82. The number of fused-ring (bicyclic) bond motifs is 1. The van der Waals surface area contributed by atoms with Gasteiger partial charge in [0.1, 0.15) is 6.33 Å². The van der Waals surface area contributed by atoms with Crippen molar-refractivity contribution >= 4 is 33.4 Å². The number of carbonyl (C=O) groups is 1. The Bertz CT molecular complexity index is 1010. The largest absolute Gasteiger partial charge is 0.293 e. The molecule has 0 radical (unpaired) electrons. The lowest BCUT2D eigenvalue weighted by molar-refractivity contribution is -0.116. The third-order valence-electron chi connectivity index (χ3n) is 4.11. The Labute approximate surface area is 160 Å². The van der Waals surface area contributed by atoms with E-state index in [0.717, 1.165) is 28.9 Å². The summed E-state index contributed by atoms with van der Waals surface area (Å²) in [4.78, 5) is 20.9. The highest BCUT2D eigenvalue weighted by atomic mass is 32.1. The Morgan fingerprint density at radius 3 is 2.74 bits per heavy atom. The first-order valence-corrected chi connectivity index (χ1v) is 9.65. The van der Waals surface area contributed by atoms with Gasteiger partial charge in [-0.3, -0.25) is 10.1 Å². The highest BCUT2D eigenvalue weighted by molar-refractivity contribution is 7.18. The van der Waals surface area contributed by atoms with E-state index in [0.29, 0.717) is 18.9 Å². The lowest BCUT2D eigenvalue weighted by atomic mass is 10.2. The maximum Gasteiger partial charge on any atom is 0.248 e. The Morgan fingerprint density at radius 1 is 1.07 bits per heavy atom. The van der Waals surface area contributed by atoms with Crippen molar-refractivity contribution in [1.29, 1.82) is 0 Å². The highest BCUT2D eigenvalue weighted by Crippen LogP contribution is 2.22. The number of aromatic nitrogens is 4. The number of rotatable bonds is 7. The number of thiazole rings is 1. The molecule has 2 heterocycles. The standard InChI is InChI=1S/C20H19N5OS/c26-18(11-6-12-19-22-16-9-4-5-10-17(16)27-19)23-20-21-14-25(24-20)13-15-7-2-1-3-8-15/h1-5,7-10,14H,6,11-13H2,(H,23,24,26). The molecule has 0 unspecified atom stereocenters. The molecular formula is C20H19N5OS. The molecule has 4 aromatic rings. The summed E-state index contributed by atoms with van der Waals surface area (Å²) in [6.45, 7) is 0.626. The molecular weight excluding hydrogens is 358 g/mol. The molecule has 2 aromatic heterocycles. The minimum absolute atomic E-state index is 0.0754. The number of benzene rings is 2. The molecule has 1 amide bonds. The number of anilines is 1. The quantitative estimate of drug-likeness (QED) is 0.530. The fourth-order valence-electron chi connectivity index (χ4n) is 2.81. The fraction of sp³-hybridized carbons (Fsp3) is 0.200. The summed E-state index contributed by atoms with van der Waals surface area (Å²) in [7, 11) is 0. The van der Waals surface area contributed by atoms with E-state index in [9.17, 15) is 4.79 Å². The predicted molar refractivity (Wildman–Crippen MR) is 107 cm³/mol. The number of para-hydroxylation sites is 1. The van der Waals surface area contributed by atoms with Crippen LogP contribution < -0.4 is 5.32 Å². The van der Waals surface area contributed by atoms with Crippen molar-refractivity contribution in [3.8, 4) is 0 Å². The minimum Gasteiger partial charge on any atom is -0.293 e. The first kappa shape index (κ1) is 17.4. The van der Waals surface area contributed by atoms with Crippen LogP contribution in [0.15, 0.2) is 60.9 Å². The van der Waals surface area contributed by atoms with Crippen LogP contribution in [-0.4, -0.2) is 25.7 Å². The molecule has 27 heavy (non-hydrogen) atoms. The molecule has 0 aliphatic carbocycles. The van der Waals surface area contributed by atoms with E-state index >= 15 is 0 Å². The van der Waals surface area contributed by atoms with Crippen LogP contribution in [0.4, 0.5) is 5.95 Å². The van der Waals surface area contributed by atoms with Crippen LogP contribution in [0.25, 0.3) is 10.2 Å². The number of aryl methyl sites for hydroxylation is 1. The van der Waals surface area contributed by atoms with Gasteiger partial charge in [-0.2, -0.15) is 0 Å². The number of hydrogen-bond acceptors (Lipinski definition) is 5. The Morgan fingerprint density at radius 2 is 1.89 bits per heavy atom. The van der Waals surface area contributed by atoms with Gasteiger partial charge in [-0.05, 0) is 30.5 Å². The maximum absolute atomic E-state index is 12.1. The second-order valence-corrected chi connectivity index (χ2v) is 7.34. The summed E-state index contributed by atoms with van der Waals surface area (Å²) in [6, 6.07) is 18.1. The van der Waals surface area contributed by atoms with Crippen LogP contribution in [0.3, 0.4) is 0 Å². The normalized spacial score (nSPS) is 11.0. The topological polar surface area (TPSA) is 72.7 Å². The molecule has 4 rings (SSSR count). The van der Waals surface area contributed by atoms with Crippen LogP contribution in [0.2, 0.25) is 0 Å². The Kier molecular flexibility index (Phi) is 5.20.